The van der Waals surface area contributed by atoms with Gasteiger partial charge in [-0.05, 0) is 54.1 Å². The van der Waals surface area contributed by atoms with E-state index in [0.29, 0.717) is 28.3 Å². The van der Waals surface area contributed by atoms with Crippen molar-refractivity contribution >= 4 is 28.9 Å². The Morgan fingerprint density at radius 3 is 2.50 bits per heavy atom. The molecular weight excluding hydrogens is 355 g/mol. The van der Waals surface area contributed by atoms with E-state index in [1.165, 1.54) is 18.3 Å². The summed E-state index contributed by atoms with van der Waals surface area (Å²) in [7, 11) is 0. The van der Waals surface area contributed by atoms with Crippen molar-refractivity contribution in [3.8, 4) is 11.4 Å². The fourth-order valence-corrected chi connectivity index (χ4v) is 3.03. The van der Waals surface area contributed by atoms with Crippen LogP contribution in [0.4, 0.5) is 10.2 Å². The van der Waals surface area contributed by atoms with E-state index in [2.05, 4.69) is 9.97 Å². The van der Waals surface area contributed by atoms with E-state index in [4.69, 9.17) is 16.9 Å². The summed E-state index contributed by atoms with van der Waals surface area (Å²) in [6.45, 7) is 0. The van der Waals surface area contributed by atoms with Crippen molar-refractivity contribution in [2.75, 3.05) is 5.73 Å². The van der Waals surface area contributed by atoms with Crippen LogP contribution in [-0.4, -0.2) is 20.6 Å². The van der Waals surface area contributed by atoms with Gasteiger partial charge in [0.15, 0.2) is 0 Å². The maximum absolute atomic E-state index is 13.2. The summed E-state index contributed by atoms with van der Waals surface area (Å²) >= 11 is 0. The van der Waals surface area contributed by atoms with Crippen molar-refractivity contribution in [3.05, 3.63) is 83.9 Å². The number of halogens is 1. The number of hydrogen-bond donors (Lipinski definition) is 3. The molecule has 4 aromatic rings. The number of rotatable bonds is 4. The standard InChI is InChI=1S/C21H17FN6/c22-15-7-4-13(5-8-15)21(25)16(10-23)14-6-9-20-26-11-18(28(20)12-14)17-2-1-3-19(24)27-17/h1-12,23H,25H2,(H2,24,27). The molecule has 0 aliphatic carbocycles. The number of anilines is 1. The highest BCUT2D eigenvalue weighted by molar-refractivity contribution is 6.17. The van der Waals surface area contributed by atoms with Gasteiger partial charge >= 0.3 is 0 Å². The molecule has 7 heteroatoms. The van der Waals surface area contributed by atoms with Crippen LogP contribution in [0.15, 0.2) is 67.0 Å². The van der Waals surface area contributed by atoms with Gasteiger partial charge < -0.3 is 16.9 Å². The summed E-state index contributed by atoms with van der Waals surface area (Å²) in [6, 6.07) is 14.9. The molecule has 138 valence electrons. The first kappa shape index (κ1) is 17.4. The minimum atomic E-state index is -0.341. The van der Waals surface area contributed by atoms with Gasteiger partial charge in [0, 0.05) is 29.2 Å². The number of nitrogens with two attached hydrogens (primary N) is 2. The average Bonchev–Trinajstić information content (AvgIpc) is 3.12. The van der Waals surface area contributed by atoms with Gasteiger partial charge in [-0.3, -0.25) is 4.40 Å². The number of fused-ring (bicyclic) bond motifs is 1. The Morgan fingerprint density at radius 1 is 1.04 bits per heavy atom. The highest BCUT2D eigenvalue weighted by Crippen LogP contribution is 2.25. The van der Waals surface area contributed by atoms with Crippen LogP contribution in [0.25, 0.3) is 28.3 Å². The van der Waals surface area contributed by atoms with Crippen LogP contribution in [0.2, 0.25) is 0 Å². The van der Waals surface area contributed by atoms with Crippen LogP contribution in [0.5, 0.6) is 0 Å². The van der Waals surface area contributed by atoms with E-state index in [9.17, 15) is 4.39 Å². The molecule has 0 aliphatic rings. The largest absolute Gasteiger partial charge is 0.398 e. The van der Waals surface area contributed by atoms with Gasteiger partial charge in [0.1, 0.15) is 17.3 Å². The molecule has 4 rings (SSSR count). The number of allylic oxidation sites excluding steroid dienone is 1. The number of imidazole rings is 1. The molecule has 0 saturated heterocycles. The lowest BCUT2D eigenvalue weighted by Gasteiger charge is -2.10. The zero-order chi connectivity index (χ0) is 19.7. The van der Waals surface area contributed by atoms with Crippen molar-refractivity contribution in [2.24, 2.45) is 5.73 Å². The number of nitrogens with zero attached hydrogens (tertiary/aromatic N) is 3. The topological polar surface area (TPSA) is 106 Å². The summed E-state index contributed by atoms with van der Waals surface area (Å²) in [4.78, 5) is 8.75. The minimum absolute atomic E-state index is 0.341. The number of nitrogens with one attached hydrogen (secondary N) is 1. The number of aromatic nitrogens is 3. The van der Waals surface area contributed by atoms with Crippen molar-refractivity contribution in [3.63, 3.8) is 0 Å². The monoisotopic (exact) mass is 372 g/mol. The van der Waals surface area contributed by atoms with E-state index in [1.807, 2.05) is 34.9 Å². The molecule has 0 fully saturated rings. The quantitative estimate of drug-likeness (QED) is 0.476. The fourth-order valence-electron chi connectivity index (χ4n) is 3.03. The van der Waals surface area contributed by atoms with Crippen molar-refractivity contribution < 1.29 is 4.39 Å². The number of hydrogen-bond acceptors (Lipinski definition) is 5. The van der Waals surface area contributed by atoms with Crippen molar-refractivity contribution in [1.82, 2.24) is 14.4 Å². The Hall–Kier alpha value is -4.00. The van der Waals surface area contributed by atoms with Crippen LogP contribution in [-0.2, 0) is 0 Å². The van der Waals surface area contributed by atoms with Gasteiger partial charge in [0.05, 0.1) is 17.6 Å². The van der Waals surface area contributed by atoms with Gasteiger partial charge in [-0.2, -0.15) is 0 Å². The normalized spacial score (nSPS) is 12.0. The highest BCUT2D eigenvalue weighted by atomic mass is 19.1. The van der Waals surface area contributed by atoms with Gasteiger partial charge in [0.2, 0.25) is 0 Å². The van der Waals surface area contributed by atoms with E-state index in [0.717, 1.165) is 16.9 Å². The maximum atomic E-state index is 13.2. The molecular formula is C21H17FN6. The van der Waals surface area contributed by atoms with Crippen LogP contribution in [0.1, 0.15) is 11.1 Å². The molecule has 0 unspecified atom stereocenters. The number of nitrogen functional groups attached to an aromatic ring is 1. The van der Waals surface area contributed by atoms with E-state index in [1.54, 1.807) is 24.4 Å². The third kappa shape index (κ3) is 3.09. The Bertz CT molecular complexity index is 1210. The van der Waals surface area contributed by atoms with Crippen molar-refractivity contribution in [1.29, 1.82) is 5.41 Å². The lowest BCUT2D eigenvalue weighted by Crippen LogP contribution is -2.03. The lowest BCUT2D eigenvalue weighted by molar-refractivity contribution is 0.627. The Labute approximate surface area is 160 Å². The second kappa shape index (κ2) is 6.96. The molecule has 0 atom stereocenters. The molecule has 0 aliphatic heterocycles. The van der Waals surface area contributed by atoms with Gasteiger partial charge in [-0.1, -0.05) is 6.07 Å². The smallest absolute Gasteiger partial charge is 0.137 e. The molecule has 3 heterocycles. The molecule has 1 aromatic carbocycles. The molecule has 0 radical (unpaired) electrons. The van der Waals surface area contributed by atoms with E-state index in [-0.39, 0.29) is 5.82 Å². The molecule has 6 nitrogen and oxygen atoms in total. The summed E-state index contributed by atoms with van der Waals surface area (Å²) < 4.78 is 15.1. The number of benzene rings is 1. The Morgan fingerprint density at radius 2 is 1.79 bits per heavy atom. The Kier molecular flexibility index (Phi) is 4.33. The minimum Gasteiger partial charge on any atom is -0.398 e. The van der Waals surface area contributed by atoms with Crippen LogP contribution in [0, 0.1) is 11.2 Å². The molecule has 0 saturated carbocycles. The first-order valence-electron chi connectivity index (χ1n) is 8.53. The lowest BCUT2D eigenvalue weighted by atomic mass is 10.0. The SMILES string of the molecule is N=CC(=C(N)c1ccc(F)cc1)c1ccc2ncc(-c3cccc(N)n3)n2c1. The predicted molar refractivity (Wildman–Crippen MR) is 109 cm³/mol. The molecule has 28 heavy (non-hydrogen) atoms. The zero-order valence-electron chi connectivity index (χ0n) is 14.8. The Balaban J connectivity index is 1.86. The van der Waals surface area contributed by atoms with E-state index >= 15 is 0 Å². The maximum Gasteiger partial charge on any atom is 0.137 e. The second-order valence-electron chi connectivity index (χ2n) is 6.22. The van der Waals surface area contributed by atoms with Gasteiger partial charge in [-0.25, -0.2) is 14.4 Å². The highest BCUT2D eigenvalue weighted by Gasteiger charge is 2.12. The molecule has 3 aromatic heterocycles. The summed E-state index contributed by atoms with van der Waals surface area (Å²) in [5.74, 6) is 0.0799. The van der Waals surface area contributed by atoms with Crippen LogP contribution < -0.4 is 11.5 Å². The van der Waals surface area contributed by atoms with Crippen molar-refractivity contribution in [2.45, 2.75) is 0 Å². The first-order valence-corrected chi connectivity index (χ1v) is 8.53. The molecule has 0 amide bonds. The summed E-state index contributed by atoms with van der Waals surface area (Å²) in [5.41, 5.74) is 16.5. The predicted octanol–water partition coefficient (Wildman–Crippen LogP) is 3.59. The average molecular weight is 372 g/mol. The molecule has 0 spiro atoms. The second-order valence-corrected chi connectivity index (χ2v) is 6.22. The summed E-state index contributed by atoms with van der Waals surface area (Å²) in [6.07, 6.45) is 4.76. The molecule has 5 N–H and O–H groups in total. The summed E-state index contributed by atoms with van der Waals surface area (Å²) in [5, 5.41) is 7.85. The third-order valence-electron chi connectivity index (χ3n) is 4.44. The number of pyridine rings is 2. The van der Waals surface area contributed by atoms with Gasteiger partial charge in [0.25, 0.3) is 0 Å². The zero-order valence-corrected chi connectivity index (χ0v) is 14.8. The van der Waals surface area contributed by atoms with E-state index < -0.39 is 0 Å². The fraction of sp³-hybridized carbons (Fsp3) is 0. The third-order valence-corrected chi connectivity index (χ3v) is 4.44. The van der Waals surface area contributed by atoms with Gasteiger partial charge in [-0.15, -0.1) is 0 Å². The molecule has 0 bridgehead atoms. The first-order chi connectivity index (χ1) is 13.6. The van der Waals surface area contributed by atoms with Crippen LogP contribution >= 0.6 is 0 Å². The van der Waals surface area contributed by atoms with Crippen LogP contribution in [0.3, 0.4) is 0 Å².